The van der Waals surface area contributed by atoms with Crippen LogP contribution >= 0.6 is 0 Å². The molecule has 3 aromatic heterocycles. The highest BCUT2D eigenvalue weighted by Gasteiger charge is 2.21. The topological polar surface area (TPSA) is 56.7 Å². The first-order chi connectivity index (χ1) is 22.8. The quantitative estimate of drug-likeness (QED) is 0.206. The number of hydrogen-bond donors (Lipinski definition) is 0. The number of furan rings is 1. The molecule has 0 aliphatic carbocycles. The summed E-state index contributed by atoms with van der Waals surface area (Å²) in [7, 11) is 0. The predicted molar refractivity (Wildman–Crippen MR) is 187 cm³/mol. The summed E-state index contributed by atoms with van der Waals surface area (Å²) in [5.41, 5.74) is 5.56. The molecule has 3 heterocycles. The highest BCUT2D eigenvalue weighted by atomic mass is 16.3. The van der Waals surface area contributed by atoms with Crippen LogP contribution in [0.25, 0.3) is 94.0 Å². The number of benzene rings is 7. The molecular weight excluding hydrogens is 564 g/mol. The van der Waals surface area contributed by atoms with Crippen LogP contribution in [0.5, 0.6) is 0 Å². The van der Waals surface area contributed by atoms with Crippen LogP contribution in [0, 0.1) is 0 Å². The normalized spacial score (nSPS) is 11.9. The molecule has 5 heteroatoms. The van der Waals surface area contributed by atoms with Crippen LogP contribution in [0.4, 0.5) is 0 Å². The lowest BCUT2D eigenvalue weighted by Gasteiger charge is -2.12. The highest BCUT2D eigenvalue weighted by Crippen LogP contribution is 2.39. The number of hydrogen-bond acceptors (Lipinski definition) is 4. The lowest BCUT2D eigenvalue weighted by atomic mass is 10.0. The highest BCUT2D eigenvalue weighted by molar-refractivity contribution is 6.17. The van der Waals surface area contributed by atoms with Crippen molar-refractivity contribution in [3.8, 4) is 28.7 Å². The maximum absolute atomic E-state index is 6.25. The zero-order chi connectivity index (χ0) is 30.2. The van der Waals surface area contributed by atoms with Crippen molar-refractivity contribution in [2.45, 2.75) is 0 Å². The molecule has 0 saturated heterocycles. The van der Waals surface area contributed by atoms with E-state index in [1.54, 1.807) is 0 Å². The molecule has 0 N–H and O–H groups in total. The molecule has 0 spiro atoms. The average molecular weight is 589 g/mol. The van der Waals surface area contributed by atoms with Gasteiger partial charge in [-0.3, -0.25) is 4.57 Å². The van der Waals surface area contributed by atoms with E-state index in [-0.39, 0.29) is 0 Å². The van der Waals surface area contributed by atoms with Gasteiger partial charge in [-0.1, -0.05) is 109 Å². The minimum Gasteiger partial charge on any atom is -0.456 e. The summed E-state index contributed by atoms with van der Waals surface area (Å²) in [5, 5.41) is 9.06. The molecule has 0 atom stereocenters. The predicted octanol–water partition coefficient (Wildman–Crippen LogP) is 10.5. The molecular formula is C41H24N4O. The van der Waals surface area contributed by atoms with Crippen LogP contribution in [0.3, 0.4) is 0 Å². The first-order valence-electron chi connectivity index (χ1n) is 15.4. The number of rotatable bonds is 3. The molecule has 0 aliphatic rings. The third kappa shape index (κ3) is 3.72. The molecule has 214 valence electrons. The number of fused-ring (bicyclic) bond motifs is 8. The minimum absolute atomic E-state index is 0.569. The van der Waals surface area contributed by atoms with Crippen molar-refractivity contribution in [3.63, 3.8) is 0 Å². The molecule has 0 aliphatic heterocycles. The van der Waals surface area contributed by atoms with Crippen LogP contribution in [-0.2, 0) is 0 Å². The molecule has 0 amide bonds. The summed E-state index contributed by atoms with van der Waals surface area (Å²) in [6.45, 7) is 0. The second-order valence-electron chi connectivity index (χ2n) is 11.7. The molecule has 5 nitrogen and oxygen atoms in total. The van der Waals surface area contributed by atoms with Crippen LogP contribution in [0.2, 0.25) is 0 Å². The van der Waals surface area contributed by atoms with Gasteiger partial charge in [-0.25, -0.2) is 4.98 Å². The number of nitrogens with zero attached hydrogens (tertiary/aromatic N) is 4. The van der Waals surface area contributed by atoms with Crippen LogP contribution in [-0.4, -0.2) is 19.5 Å². The largest absolute Gasteiger partial charge is 0.456 e. The summed E-state index contributed by atoms with van der Waals surface area (Å²) >= 11 is 0. The van der Waals surface area contributed by atoms with Gasteiger partial charge in [0.2, 0.25) is 5.95 Å². The Balaban J connectivity index is 1.35. The van der Waals surface area contributed by atoms with Gasteiger partial charge in [0, 0.05) is 32.7 Å². The van der Waals surface area contributed by atoms with Crippen molar-refractivity contribution in [1.82, 2.24) is 19.5 Å². The minimum atomic E-state index is 0.569. The van der Waals surface area contributed by atoms with E-state index in [0.29, 0.717) is 17.6 Å². The molecule has 0 radical (unpaired) electrons. The van der Waals surface area contributed by atoms with E-state index in [0.717, 1.165) is 65.6 Å². The number of aromatic nitrogens is 4. The summed E-state index contributed by atoms with van der Waals surface area (Å²) in [6.07, 6.45) is 0. The third-order valence-corrected chi connectivity index (χ3v) is 9.00. The fourth-order valence-electron chi connectivity index (χ4n) is 6.87. The fraction of sp³-hybridized carbons (Fsp3) is 0. The van der Waals surface area contributed by atoms with Gasteiger partial charge in [-0.15, -0.1) is 0 Å². The third-order valence-electron chi connectivity index (χ3n) is 9.00. The lowest BCUT2D eigenvalue weighted by molar-refractivity contribution is 0.669. The Bertz CT molecular complexity index is 2720. The van der Waals surface area contributed by atoms with Crippen LogP contribution in [0.15, 0.2) is 150 Å². The van der Waals surface area contributed by atoms with Crippen molar-refractivity contribution in [1.29, 1.82) is 0 Å². The molecule has 10 rings (SSSR count). The van der Waals surface area contributed by atoms with Gasteiger partial charge in [0.25, 0.3) is 0 Å². The Morgan fingerprint density at radius 3 is 1.70 bits per heavy atom. The maximum Gasteiger partial charge on any atom is 0.238 e. The lowest BCUT2D eigenvalue weighted by Crippen LogP contribution is -2.06. The van der Waals surface area contributed by atoms with E-state index >= 15 is 0 Å². The SMILES string of the molecule is c1ccc(-c2nc(-c3cccc4oc5ccccc5c34)nc(-n3c4cc5ccccc5cc4c4cc5ccccc5cc43)n2)cc1. The van der Waals surface area contributed by atoms with E-state index in [1.165, 1.54) is 10.8 Å². The Morgan fingerprint density at radius 1 is 0.435 bits per heavy atom. The van der Waals surface area contributed by atoms with Gasteiger partial charge in [0.15, 0.2) is 11.6 Å². The second-order valence-corrected chi connectivity index (χ2v) is 11.7. The maximum atomic E-state index is 6.25. The molecule has 0 bridgehead atoms. The van der Waals surface area contributed by atoms with Crippen LogP contribution < -0.4 is 0 Å². The molecule has 0 saturated carbocycles. The second kappa shape index (κ2) is 9.58. The molecule has 0 unspecified atom stereocenters. The summed E-state index contributed by atoms with van der Waals surface area (Å²) in [5.74, 6) is 1.78. The fourth-order valence-corrected chi connectivity index (χ4v) is 6.87. The molecule has 10 aromatic rings. The molecule has 7 aromatic carbocycles. The Hall–Kier alpha value is -6.33. The molecule has 0 fully saturated rings. The summed E-state index contributed by atoms with van der Waals surface area (Å²) in [4.78, 5) is 15.6. The van der Waals surface area contributed by atoms with E-state index in [1.807, 2.05) is 60.7 Å². The zero-order valence-corrected chi connectivity index (χ0v) is 24.6. The van der Waals surface area contributed by atoms with Crippen molar-refractivity contribution in [3.05, 3.63) is 146 Å². The standard InChI is InChI=1S/C41H24N4O/c1-2-11-25(12-3-1)39-42-40(31-18-10-20-37-38(31)30-17-8-9-19-36(30)46-37)44-41(43-39)45-34-23-28-15-6-4-13-26(28)21-32(34)33-22-27-14-5-7-16-29(27)24-35(33)45/h1-24H. The Morgan fingerprint density at radius 2 is 1.00 bits per heavy atom. The average Bonchev–Trinajstić information content (AvgIpc) is 3.65. The van der Waals surface area contributed by atoms with Gasteiger partial charge in [0.1, 0.15) is 11.2 Å². The van der Waals surface area contributed by atoms with Gasteiger partial charge in [0.05, 0.1) is 11.0 Å². The van der Waals surface area contributed by atoms with Crippen molar-refractivity contribution >= 4 is 65.3 Å². The summed E-state index contributed by atoms with van der Waals surface area (Å²) < 4.78 is 8.46. The van der Waals surface area contributed by atoms with Gasteiger partial charge >= 0.3 is 0 Å². The van der Waals surface area contributed by atoms with Crippen molar-refractivity contribution in [2.75, 3.05) is 0 Å². The van der Waals surface area contributed by atoms with Gasteiger partial charge in [-0.05, 0) is 57.9 Å². The van der Waals surface area contributed by atoms with E-state index in [9.17, 15) is 0 Å². The Labute approximate surface area is 263 Å². The van der Waals surface area contributed by atoms with Crippen molar-refractivity contribution < 1.29 is 4.42 Å². The van der Waals surface area contributed by atoms with E-state index in [4.69, 9.17) is 19.4 Å². The van der Waals surface area contributed by atoms with Gasteiger partial charge < -0.3 is 4.42 Å². The van der Waals surface area contributed by atoms with E-state index in [2.05, 4.69) is 89.5 Å². The summed E-state index contributed by atoms with van der Waals surface area (Å²) in [6, 6.07) is 50.4. The zero-order valence-electron chi connectivity index (χ0n) is 24.6. The smallest absolute Gasteiger partial charge is 0.238 e. The Kier molecular flexibility index (Phi) is 5.22. The number of para-hydroxylation sites is 1. The van der Waals surface area contributed by atoms with Crippen LogP contribution in [0.1, 0.15) is 0 Å². The van der Waals surface area contributed by atoms with E-state index < -0.39 is 0 Å². The van der Waals surface area contributed by atoms with Crippen molar-refractivity contribution in [2.24, 2.45) is 0 Å². The van der Waals surface area contributed by atoms with Gasteiger partial charge in [-0.2, -0.15) is 9.97 Å². The molecule has 46 heavy (non-hydrogen) atoms. The first-order valence-corrected chi connectivity index (χ1v) is 15.4. The first kappa shape index (κ1) is 25.0. The monoisotopic (exact) mass is 588 g/mol.